The zero-order valence-corrected chi connectivity index (χ0v) is 14.6. The summed E-state index contributed by atoms with van der Waals surface area (Å²) in [7, 11) is 0. The molecule has 0 saturated heterocycles. The Hall–Kier alpha value is -2.63. The van der Waals surface area contributed by atoms with Gasteiger partial charge in [-0.25, -0.2) is 14.8 Å². The van der Waals surface area contributed by atoms with Gasteiger partial charge in [-0.2, -0.15) is 0 Å². The number of aryl methyl sites for hydroxylation is 1. The largest absolute Gasteiger partial charge is 0.462 e. The van der Waals surface area contributed by atoms with Gasteiger partial charge in [0.15, 0.2) is 0 Å². The number of nitrogens with zero attached hydrogens (tertiary/aromatic N) is 2. The molecule has 0 bridgehead atoms. The van der Waals surface area contributed by atoms with Gasteiger partial charge in [-0.1, -0.05) is 19.1 Å². The topological polar surface area (TPSA) is 76.1 Å². The minimum absolute atomic E-state index is 0.318. The molecular weight excluding hydrogens is 304 g/mol. The van der Waals surface area contributed by atoms with E-state index in [4.69, 9.17) is 4.74 Å². The Kier molecular flexibility index (Phi) is 6.12. The summed E-state index contributed by atoms with van der Waals surface area (Å²) in [6.07, 6.45) is 0.998. The van der Waals surface area contributed by atoms with Crippen molar-refractivity contribution in [1.82, 2.24) is 9.97 Å². The maximum atomic E-state index is 12.1. The molecule has 2 N–H and O–H groups in total. The Labute approximate surface area is 142 Å². The third-order valence-electron chi connectivity index (χ3n) is 3.53. The van der Waals surface area contributed by atoms with Gasteiger partial charge in [-0.15, -0.1) is 0 Å². The van der Waals surface area contributed by atoms with E-state index in [0.717, 1.165) is 12.2 Å². The summed E-state index contributed by atoms with van der Waals surface area (Å²) in [5, 5.41) is 6.53. The van der Waals surface area contributed by atoms with Crippen molar-refractivity contribution in [2.24, 2.45) is 0 Å². The van der Waals surface area contributed by atoms with E-state index < -0.39 is 0 Å². The van der Waals surface area contributed by atoms with Crippen LogP contribution in [-0.2, 0) is 4.74 Å². The fraction of sp³-hybridized carbons (Fsp3) is 0.389. The Morgan fingerprint density at radius 1 is 1.21 bits per heavy atom. The highest BCUT2D eigenvalue weighted by Gasteiger charge is 2.13. The van der Waals surface area contributed by atoms with Crippen LogP contribution in [0.1, 0.15) is 43.4 Å². The molecule has 128 valence electrons. The number of benzene rings is 1. The smallest absolute Gasteiger partial charge is 0.340 e. The van der Waals surface area contributed by atoms with Gasteiger partial charge in [0.05, 0.1) is 17.9 Å². The SMILES string of the molecule is CCOC(=O)c1ccccc1Nc1cc(NC(C)CC)nc(C)n1. The summed E-state index contributed by atoms with van der Waals surface area (Å²) < 4.78 is 5.10. The molecule has 0 aliphatic carbocycles. The molecule has 2 rings (SSSR count). The molecule has 0 saturated carbocycles. The lowest BCUT2D eigenvalue weighted by atomic mass is 10.2. The van der Waals surface area contributed by atoms with Crippen molar-refractivity contribution < 1.29 is 9.53 Å². The van der Waals surface area contributed by atoms with Crippen LogP contribution in [0.25, 0.3) is 0 Å². The monoisotopic (exact) mass is 328 g/mol. The highest BCUT2D eigenvalue weighted by molar-refractivity contribution is 5.96. The number of aromatic nitrogens is 2. The summed E-state index contributed by atoms with van der Waals surface area (Å²) in [4.78, 5) is 20.9. The summed E-state index contributed by atoms with van der Waals surface area (Å²) in [5.74, 6) is 1.68. The maximum Gasteiger partial charge on any atom is 0.340 e. The van der Waals surface area contributed by atoms with Crippen LogP contribution < -0.4 is 10.6 Å². The van der Waals surface area contributed by atoms with Gasteiger partial charge in [0, 0.05) is 12.1 Å². The quantitative estimate of drug-likeness (QED) is 0.750. The molecule has 1 atom stereocenters. The second kappa shape index (κ2) is 8.29. The van der Waals surface area contributed by atoms with Crippen LogP contribution in [0.3, 0.4) is 0 Å². The molecule has 6 nitrogen and oxygen atoms in total. The van der Waals surface area contributed by atoms with E-state index in [9.17, 15) is 4.79 Å². The zero-order valence-electron chi connectivity index (χ0n) is 14.6. The highest BCUT2D eigenvalue weighted by atomic mass is 16.5. The van der Waals surface area contributed by atoms with E-state index in [1.54, 1.807) is 19.1 Å². The predicted molar refractivity (Wildman–Crippen MR) is 95.8 cm³/mol. The van der Waals surface area contributed by atoms with Crippen LogP contribution in [0.2, 0.25) is 0 Å². The molecule has 0 fully saturated rings. The molecule has 2 aromatic rings. The molecule has 0 amide bonds. The first kappa shape index (κ1) is 17.7. The van der Waals surface area contributed by atoms with Crippen LogP contribution in [0.4, 0.5) is 17.3 Å². The maximum absolute atomic E-state index is 12.1. The number of rotatable bonds is 7. The number of esters is 1. The zero-order chi connectivity index (χ0) is 17.5. The Balaban J connectivity index is 2.27. The van der Waals surface area contributed by atoms with Crippen molar-refractivity contribution in [3.8, 4) is 0 Å². The van der Waals surface area contributed by atoms with Crippen molar-refractivity contribution in [3.63, 3.8) is 0 Å². The fourth-order valence-electron chi connectivity index (χ4n) is 2.18. The summed E-state index contributed by atoms with van der Waals surface area (Å²) >= 11 is 0. The van der Waals surface area contributed by atoms with Crippen molar-refractivity contribution in [3.05, 3.63) is 41.7 Å². The van der Waals surface area contributed by atoms with Gasteiger partial charge in [0.25, 0.3) is 0 Å². The molecule has 1 aromatic carbocycles. The third-order valence-corrected chi connectivity index (χ3v) is 3.53. The van der Waals surface area contributed by atoms with Gasteiger partial charge < -0.3 is 15.4 Å². The first-order valence-corrected chi connectivity index (χ1v) is 8.18. The fourth-order valence-corrected chi connectivity index (χ4v) is 2.18. The second-order valence-corrected chi connectivity index (χ2v) is 5.53. The summed E-state index contributed by atoms with van der Waals surface area (Å²) in [6, 6.07) is 9.37. The minimum Gasteiger partial charge on any atom is -0.462 e. The molecule has 0 aliphatic rings. The molecule has 0 aliphatic heterocycles. The molecule has 0 spiro atoms. The van der Waals surface area contributed by atoms with Crippen molar-refractivity contribution in [2.45, 2.75) is 40.2 Å². The minimum atomic E-state index is -0.357. The van der Waals surface area contributed by atoms with E-state index >= 15 is 0 Å². The number of nitrogens with one attached hydrogen (secondary N) is 2. The van der Waals surface area contributed by atoms with E-state index in [0.29, 0.717) is 35.5 Å². The van der Waals surface area contributed by atoms with Crippen LogP contribution in [0, 0.1) is 6.92 Å². The van der Waals surface area contributed by atoms with E-state index in [-0.39, 0.29) is 5.97 Å². The van der Waals surface area contributed by atoms with Crippen LogP contribution in [-0.4, -0.2) is 28.6 Å². The number of hydrogen-bond donors (Lipinski definition) is 2. The summed E-state index contributed by atoms with van der Waals surface area (Å²) in [6.45, 7) is 8.17. The van der Waals surface area contributed by atoms with Crippen molar-refractivity contribution in [1.29, 1.82) is 0 Å². The average Bonchev–Trinajstić information content (AvgIpc) is 2.54. The number of anilines is 3. The van der Waals surface area contributed by atoms with E-state index in [1.165, 1.54) is 0 Å². The van der Waals surface area contributed by atoms with Crippen LogP contribution >= 0.6 is 0 Å². The predicted octanol–water partition coefficient (Wildman–Crippen LogP) is 3.92. The highest BCUT2D eigenvalue weighted by Crippen LogP contribution is 2.22. The van der Waals surface area contributed by atoms with Crippen LogP contribution in [0.15, 0.2) is 30.3 Å². The molecule has 0 radical (unpaired) electrons. The molecule has 1 unspecified atom stereocenters. The standard InChI is InChI=1S/C18H24N4O2/c1-5-12(3)19-16-11-17(21-13(4)20-16)22-15-10-8-7-9-14(15)18(23)24-6-2/h7-12H,5-6H2,1-4H3,(H2,19,20,21,22). The molecule has 24 heavy (non-hydrogen) atoms. The lowest BCUT2D eigenvalue weighted by Crippen LogP contribution is -2.15. The van der Waals surface area contributed by atoms with Gasteiger partial charge in [0.1, 0.15) is 17.5 Å². The lowest BCUT2D eigenvalue weighted by Gasteiger charge is -2.15. The number of carbonyl (C=O) groups is 1. The number of hydrogen-bond acceptors (Lipinski definition) is 6. The van der Waals surface area contributed by atoms with Crippen molar-refractivity contribution >= 4 is 23.3 Å². The molecule has 6 heteroatoms. The molecule has 1 heterocycles. The number of carbonyl (C=O) groups excluding carboxylic acids is 1. The lowest BCUT2D eigenvalue weighted by molar-refractivity contribution is 0.0527. The third kappa shape index (κ3) is 4.68. The van der Waals surface area contributed by atoms with Gasteiger partial charge >= 0.3 is 5.97 Å². The van der Waals surface area contributed by atoms with E-state index in [1.807, 2.05) is 25.1 Å². The Bertz CT molecular complexity index is 703. The van der Waals surface area contributed by atoms with Crippen LogP contribution in [0.5, 0.6) is 0 Å². The first-order chi connectivity index (χ1) is 11.5. The number of para-hydroxylation sites is 1. The molecular formula is C18H24N4O2. The molecule has 1 aromatic heterocycles. The Morgan fingerprint density at radius 2 is 1.92 bits per heavy atom. The van der Waals surface area contributed by atoms with Gasteiger partial charge in [-0.05, 0) is 39.3 Å². The number of ether oxygens (including phenoxy) is 1. The normalized spacial score (nSPS) is 11.7. The average molecular weight is 328 g/mol. The van der Waals surface area contributed by atoms with Crippen molar-refractivity contribution in [2.75, 3.05) is 17.2 Å². The first-order valence-electron chi connectivity index (χ1n) is 8.18. The van der Waals surface area contributed by atoms with Gasteiger partial charge in [-0.3, -0.25) is 0 Å². The summed E-state index contributed by atoms with van der Waals surface area (Å²) in [5.41, 5.74) is 1.13. The second-order valence-electron chi connectivity index (χ2n) is 5.53. The van der Waals surface area contributed by atoms with Gasteiger partial charge in [0.2, 0.25) is 0 Å². The van der Waals surface area contributed by atoms with E-state index in [2.05, 4.69) is 34.4 Å². The Morgan fingerprint density at radius 3 is 2.62 bits per heavy atom.